The fourth-order valence-electron chi connectivity index (χ4n) is 2.11. The number of anilines is 1. The zero-order valence-corrected chi connectivity index (χ0v) is 13.3. The highest BCUT2D eigenvalue weighted by Crippen LogP contribution is 2.19. The molecule has 1 rings (SSSR count). The van der Waals surface area contributed by atoms with Crippen LogP contribution < -0.4 is 15.0 Å². The van der Waals surface area contributed by atoms with Crippen molar-refractivity contribution in [2.24, 2.45) is 5.92 Å². The quantitative estimate of drug-likeness (QED) is 0.833. The number of methoxy groups -OCH3 is 1. The zero-order valence-electron chi connectivity index (χ0n) is 13.3. The summed E-state index contributed by atoms with van der Waals surface area (Å²) in [4.78, 5) is 25.4. The Bertz CT molecular complexity index is 500. The first-order valence-electron chi connectivity index (χ1n) is 7.00. The highest BCUT2D eigenvalue weighted by atomic mass is 16.5. The summed E-state index contributed by atoms with van der Waals surface area (Å²) in [5.74, 6) is 0.619. The van der Waals surface area contributed by atoms with E-state index in [-0.39, 0.29) is 24.2 Å². The number of ether oxygens (including phenoxy) is 1. The monoisotopic (exact) mass is 292 g/mol. The largest absolute Gasteiger partial charge is 0.497 e. The van der Waals surface area contributed by atoms with E-state index in [0.717, 1.165) is 11.4 Å². The molecule has 0 aliphatic heterocycles. The van der Waals surface area contributed by atoms with Crippen molar-refractivity contribution in [3.8, 4) is 5.75 Å². The number of hydrogen-bond donors (Lipinski definition) is 1. The molecule has 1 N–H and O–H groups in total. The predicted octanol–water partition coefficient (Wildman–Crippen LogP) is 1.86. The van der Waals surface area contributed by atoms with E-state index in [1.54, 1.807) is 7.11 Å². The smallest absolute Gasteiger partial charge is 0.240 e. The van der Waals surface area contributed by atoms with Crippen molar-refractivity contribution < 1.29 is 14.3 Å². The lowest BCUT2D eigenvalue weighted by Crippen LogP contribution is -2.46. The molecule has 1 aromatic rings. The number of nitrogens with one attached hydrogen (secondary N) is 1. The van der Waals surface area contributed by atoms with Crippen molar-refractivity contribution in [3.05, 3.63) is 24.3 Å². The van der Waals surface area contributed by atoms with E-state index in [0.29, 0.717) is 0 Å². The average molecular weight is 292 g/mol. The summed E-state index contributed by atoms with van der Waals surface area (Å²) >= 11 is 0. The molecule has 21 heavy (non-hydrogen) atoms. The standard InChI is InChI=1S/C16H24N2O3/c1-11(2)16(12(3)19)17-15(20)10-18(4)13-7-6-8-14(9-13)21-5/h6-9,11,16H,10H2,1-5H3,(H,17,20). The van der Waals surface area contributed by atoms with Crippen molar-refractivity contribution in [3.63, 3.8) is 0 Å². The number of benzene rings is 1. The maximum Gasteiger partial charge on any atom is 0.240 e. The van der Waals surface area contributed by atoms with Gasteiger partial charge in [0.1, 0.15) is 5.75 Å². The van der Waals surface area contributed by atoms with Crippen LogP contribution in [0.4, 0.5) is 5.69 Å². The van der Waals surface area contributed by atoms with Gasteiger partial charge < -0.3 is 15.0 Å². The summed E-state index contributed by atoms with van der Waals surface area (Å²) in [7, 11) is 3.43. The van der Waals surface area contributed by atoms with Gasteiger partial charge in [0.15, 0.2) is 5.78 Å². The maximum atomic E-state index is 12.1. The van der Waals surface area contributed by atoms with E-state index in [2.05, 4.69) is 5.32 Å². The summed E-state index contributed by atoms with van der Waals surface area (Å²) in [5, 5.41) is 2.78. The van der Waals surface area contributed by atoms with Gasteiger partial charge in [-0.2, -0.15) is 0 Å². The van der Waals surface area contributed by atoms with E-state index in [9.17, 15) is 9.59 Å². The summed E-state index contributed by atoms with van der Waals surface area (Å²) in [6.45, 7) is 5.51. The van der Waals surface area contributed by atoms with Crippen LogP contribution in [0, 0.1) is 5.92 Å². The van der Waals surface area contributed by atoms with Gasteiger partial charge in [-0.05, 0) is 25.0 Å². The highest BCUT2D eigenvalue weighted by Gasteiger charge is 2.21. The number of amides is 1. The first-order chi connectivity index (χ1) is 9.85. The van der Waals surface area contributed by atoms with Crippen LogP contribution in [0.5, 0.6) is 5.75 Å². The summed E-state index contributed by atoms with van der Waals surface area (Å²) in [6.07, 6.45) is 0. The van der Waals surface area contributed by atoms with Crippen LogP contribution in [-0.2, 0) is 9.59 Å². The topological polar surface area (TPSA) is 58.6 Å². The Kier molecular flexibility index (Phi) is 6.21. The Morgan fingerprint density at radius 2 is 2.00 bits per heavy atom. The second-order valence-electron chi connectivity index (χ2n) is 5.46. The molecule has 1 atom stereocenters. The number of carbonyl (C=O) groups is 2. The Labute approximate surface area is 126 Å². The molecular weight excluding hydrogens is 268 g/mol. The number of ketones is 1. The van der Waals surface area contributed by atoms with E-state index >= 15 is 0 Å². The van der Waals surface area contributed by atoms with Crippen LogP contribution in [0.15, 0.2) is 24.3 Å². The first-order valence-corrected chi connectivity index (χ1v) is 7.00. The third kappa shape index (κ3) is 5.10. The number of nitrogens with zero attached hydrogens (tertiary/aromatic N) is 1. The van der Waals surface area contributed by atoms with Crippen LogP contribution in [0.3, 0.4) is 0 Å². The molecule has 0 bridgehead atoms. The molecule has 5 nitrogen and oxygen atoms in total. The molecule has 5 heteroatoms. The number of rotatable bonds is 7. The first kappa shape index (κ1) is 17.0. The predicted molar refractivity (Wildman–Crippen MR) is 83.7 cm³/mol. The molecule has 0 aliphatic rings. The van der Waals surface area contributed by atoms with E-state index in [1.807, 2.05) is 50.1 Å². The molecular formula is C16H24N2O3. The number of carbonyl (C=O) groups excluding carboxylic acids is 2. The highest BCUT2D eigenvalue weighted by molar-refractivity contribution is 5.89. The Hall–Kier alpha value is -2.04. The van der Waals surface area contributed by atoms with Gasteiger partial charge in [-0.25, -0.2) is 0 Å². The molecule has 0 aliphatic carbocycles. The molecule has 0 aromatic heterocycles. The van der Waals surface area contributed by atoms with Gasteiger partial charge in [0.2, 0.25) is 5.91 Å². The average Bonchev–Trinajstić information content (AvgIpc) is 2.44. The molecule has 116 valence electrons. The molecule has 0 spiro atoms. The minimum absolute atomic E-state index is 0.0256. The van der Waals surface area contributed by atoms with Gasteiger partial charge in [-0.1, -0.05) is 19.9 Å². The molecule has 1 aromatic carbocycles. The number of hydrogen-bond acceptors (Lipinski definition) is 4. The van der Waals surface area contributed by atoms with Crippen LogP contribution >= 0.6 is 0 Å². The molecule has 1 unspecified atom stereocenters. The lowest BCUT2D eigenvalue weighted by molar-refractivity contribution is -0.127. The zero-order chi connectivity index (χ0) is 16.0. The van der Waals surface area contributed by atoms with Gasteiger partial charge in [0.05, 0.1) is 19.7 Å². The minimum atomic E-state index is -0.434. The fourth-order valence-corrected chi connectivity index (χ4v) is 2.11. The van der Waals surface area contributed by atoms with Gasteiger partial charge in [0.25, 0.3) is 0 Å². The van der Waals surface area contributed by atoms with E-state index in [1.165, 1.54) is 6.92 Å². The Balaban J connectivity index is 2.67. The normalized spacial score (nSPS) is 11.9. The van der Waals surface area contributed by atoms with Crippen molar-refractivity contribution in [2.75, 3.05) is 25.6 Å². The van der Waals surface area contributed by atoms with E-state index < -0.39 is 6.04 Å². The molecule has 0 radical (unpaired) electrons. The van der Waals surface area contributed by atoms with Crippen LogP contribution in [0.2, 0.25) is 0 Å². The minimum Gasteiger partial charge on any atom is -0.497 e. The van der Waals surface area contributed by atoms with Crippen LogP contribution in [0.1, 0.15) is 20.8 Å². The van der Waals surface area contributed by atoms with Crippen molar-refractivity contribution >= 4 is 17.4 Å². The molecule has 0 fully saturated rings. The van der Waals surface area contributed by atoms with Crippen molar-refractivity contribution in [2.45, 2.75) is 26.8 Å². The van der Waals surface area contributed by atoms with Gasteiger partial charge >= 0.3 is 0 Å². The SMILES string of the molecule is COc1cccc(N(C)CC(=O)NC(C(C)=O)C(C)C)c1. The van der Waals surface area contributed by atoms with Crippen LogP contribution in [-0.4, -0.2) is 38.4 Å². The lowest BCUT2D eigenvalue weighted by Gasteiger charge is -2.23. The number of likely N-dealkylation sites (N-methyl/N-ethyl adjacent to an activating group) is 1. The third-order valence-corrected chi connectivity index (χ3v) is 3.30. The van der Waals surface area contributed by atoms with E-state index in [4.69, 9.17) is 4.74 Å². The summed E-state index contributed by atoms with van der Waals surface area (Å²) in [5.41, 5.74) is 0.883. The van der Waals surface area contributed by atoms with Gasteiger partial charge in [0, 0.05) is 18.8 Å². The second-order valence-corrected chi connectivity index (χ2v) is 5.46. The molecule has 0 saturated heterocycles. The van der Waals surface area contributed by atoms with Gasteiger partial charge in [-0.3, -0.25) is 9.59 Å². The van der Waals surface area contributed by atoms with Crippen molar-refractivity contribution in [1.29, 1.82) is 0 Å². The Morgan fingerprint density at radius 3 is 2.52 bits per heavy atom. The second kappa shape index (κ2) is 7.67. The van der Waals surface area contributed by atoms with Crippen molar-refractivity contribution in [1.82, 2.24) is 5.32 Å². The number of Topliss-reactive ketones (excluding diaryl/α,β-unsaturated/α-hetero) is 1. The lowest BCUT2D eigenvalue weighted by atomic mass is 10.0. The van der Waals surface area contributed by atoms with Gasteiger partial charge in [-0.15, -0.1) is 0 Å². The van der Waals surface area contributed by atoms with Crippen LogP contribution in [0.25, 0.3) is 0 Å². The maximum absolute atomic E-state index is 12.1. The fraction of sp³-hybridized carbons (Fsp3) is 0.500. The summed E-state index contributed by atoms with van der Waals surface area (Å²) in [6, 6.07) is 7.05. The third-order valence-electron chi connectivity index (χ3n) is 3.30. The molecule has 0 saturated carbocycles. The Morgan fingerprint density at radius 1 is 1.33 bits per heavy atom. The molecule has 0 heterocycles. The molecule has 1 amide bonds. The summed E-state index contributed by atoms with van der Waals surface area (Å²) < 4.78 is 5.17.